The molecule has 0 radical (unpaired) electrons. The van der Waals surface area contributed by atoms with Crippen LogP contribution >= 0.6 is 0 Å². The largest absolute Gasteiger partial charge is 0.465 e. The zero-order valence-electron chi connectivity index (χ0n) is 11.8. The van der Waals surface area contributed by atoms with Crippen LogP contribution in [0.2, 0.25) is 0 Å². The lowest BCUT2D eigenvalue weighted by Gasteiger charge is -2.27. The molecule has 0 amide bonds. The van der Waals surface area contributed by atoms with E-state index >= 15 is 0 Å². The number of carbonyl (C=O) groups is 1. The van der Waals surface area contributed by atoms with Crippen LogP contribution in [0.1, 0.15) is 32.6 Å². The standard InChI is InChI=1S/C14H18FNO4S/c1-2-20-13(17)14(9-3-4-10-14)16-21(18,19)12-7-5-11(15)6-8-12/h5-8,16H,2-4,9-10H2,1H3. The molecule has 0 aromatic heterocycles. The highest BCUT2D eigenvalue weighted by Crippen LogP contribution is 2.32. The topological polar surface area (TPSA) is 72.5 Å². The predicted octanol–water partition coefficient (Wildman–Crippen LogP) is 1.98. The average Bonchev–Trinajstić information content (AvgIpc) is 2.88. The van der Waals surface area contributed by atoms with Gasteiger partial charge in [-0.25, -0.2) is 12.8 Å². The molecular weight excluding hydrogens is 297 g/mol. The quantitative estimate of drug-likeness (QED) is 0.843. The Morgan fingerprint density at radius 3 is 2.38 bits per heavy atom. The zero-order chi connectivity index (χ0) is 15.5. The molecule has 1 saturated carbocycles. The summed E-state index contributed by atoms with van der Waals surface area (Å²) in [6.07, 6.45) is 2.33. The number of hydrogen-bond donors (Lipinski definition) is 1. The number of nitrogens with one attached hydrogen (secondary N) is 1. The molecule has 2 rings (SSSR count). The van der Waals surface area contributed by atoms with Gasteiger partial charge in [-0.2, -0.15) is 4.72 Å². The Morgan fingerprint density at radius 2 is 1.86 bits per heavy atom. The van der Waals surface area contributed by atoms with Crippen molar-refractivity contribution in [3.63, 3.8) is 0 Å². The summed E-state index contributed by atoms with van der Waals surface area (Å²) in [6, 6.07) is 4.48. The molecule has 116 valence electrons. The lowest BCUT2D eigenvalue weighted by atomic mass is 10.00. The fourth-order valence-corrected chi connectivity index (χ4v) is 3.94. The van der Waals surface area contributed by atoms with Crippen molar-refractivity contribution in [3.05, 3.63) is 30.1 Å². The molecule has 0 bridgehead atoms. The summed E-state index contributed by atoms with van der Waals surface area (Å²) < 4.78 is 45.1. The molecule has 1 aliphatic rings. The minimum absolute atomic E-state index is 0.0699. The summed E-state index contributed by atoms with van der Waals surface area (Å²) in [5, 5.41) is 0. The molecule has 0 aliphatic heterocycles. The van der Waals surface area contributed by atoms with Crippen molar-refractivity contribution in [1.82, 2.24) is 4.72 Å². The molecule has 1 fully saturated rings. The molecule has 21 heavy (non-hydrogen) atoms. The zero-order valence-corrected chi connectivity index (χ0v) is 12.6. The van der Waals surface area contributed by atoms with Crippen molar-refractivity contribution >= 4 is 16.0 Å². The van der Waals surface area contributed by atoms with E-state index in [0.29, 0.717) is 12.8 Å². The van der Waals surface area contributed by atoms with Crippen molar-refractivity contribution in [2.45, 2.75) is 43.0 Å². The lowest BCUT2D eigenvalue weighted by Crippen LogP contribution is -2.53. The number of halogens is 1. The van der Waals surface area contributed by atoms with Crippen LogP contribution in [0, 0.1) is 5.82 Å². The normalized spacial score (nSPS) is 17.6. The number of benzene rings is 1. The van der Waals surface area contributed by atoms with E-state index in [0.717, 1.165) is 25.0 Å². The molecule has 1 aromatic carbocycles. The first kappa shape index (κ1) is 15.9. The molecule has 0 atom stereocenters. The van der Waals surface area contributed by atoms with E-state index in [2.05, 4.69) is 4.72 Å². The second-order valence-corrected chi connectivity index (χ2v) is 6.75. The first-order valence-electron chi connectivity index (χ1n) is 6.86. The van der Waals surface area contributed by atoms with Gasteiger partial charge in [0.25, 0.3) is 0 Å². The molecule has 0 saturated heterocycles. The first-order valence-corrected chi connectivity index (χ1v) is 8.35. The molecule has 1 aromatic rings. The molecule has 0 spiro atoms. The highest BCUT2D eigenvalue weighted by atomic mass is 32.2. The van der Waals surface area contributed by atoms with Gasteiger partial charge in [0.05, 0.1) is 11.5 Å². The molecule has 0 unspecified atom stereocenters. The van der Waals surface area contributed by atoms with Crippen molar-refractivity contribution in [3.8, 4) is 0 Å². The fourth-order valence-electron chi connectivity index (χ4n) is 2.53. The Hall–Kier alpha value is -1.47. The molecule has 7 heteroatoms. The van der Waals surface area contributed by atoms with Crippen molar-refractivity contribution in [1.29, 1.82) is 0 Å². The maximum absolute atomic E-state index is 12.9. The Kier molecular flexibility index (Phi) is 4.63. The smallest absolute Gasteiger partial charge is 0.327 e. The fraction of sp³-hybridized carbons (Fsp3) is 0.500. The summed E-state index contributed by atoms with van der Waals surface area (Å²) in [7, 11) is -3.90. The van der Waals surface area contributed by atoms with Crippen molar-refractivity contribution < 1.29 is 22.3 Å². The van der Waals surface area contributed by atoms with Gasteiger partial charge in [0.15, 0.2) is 0 Å². The Balaban J connectivity index is 2.28. The van der Waals surface area contributed by atoms with E-state index in [-0.39, 0.29) is 11.5 Å². The van der Waals surface area contributed by atoms with Crippen molar-refractivity contribution in [2.75, 3.05) is 6.61 Å². The number of sulfonamides is 1. The SMILES string of the molecule is CCOC(=O)C1(NS(=O)(=O)c2ccc(F)cc2)CCCC1. The first-order chi connectivity index (χ1) is 9.89. The summed E-state index contributed by atoms with van der Waals surface area (Å²) in [5.74, 6) is -1.07. The van der Waals surface area contributed by atoms with Gasteiger partial charge in [0.1, 0.15) is 11.4 Å². The molecule has 0 heterocycles. The monoisotopic (exact) mass is 315 g/mol. The van der Waals surface area contributed by atoms with Gasteiger partial charge < -0.3 is 4.74 Å². The van der Waals surface area contributed by atoms with Gasteiger partial charge >= 0.3 is 5.97 Å². The van der Waals surface area contributed by atoms with Crippen LogP contribution in [0.4, 0.5) is 4.39 Å². The van der Waals surface area contributed by atoms with Crippen molar-refractivity contribution in [2.24, 2.45) is 0 Å². The van der Waals surface area contributed by atoms with E-state index in [1.807, 2.05) is 0 Å². The lowest BCUT2D eigenvalue weighted by molar-refractivity contribution is -0.150. The summed E-state index contributed by atoms with van der Waals surface area (Å²) in [6.45, 7) is 1.87. The second-order valence-electron chi connectivity index (χ2n) is 5.07. The maximum atomic E-state index is 12.9. The molecule has 1 aliphatic carbocycles. The van der Waals surface area contributed by atoms with Crippen LogP contribution in [-0.2, 0) is 19.6 Å². The summed E-state index contributed by atoms with van der Waals surface area (Å²) in [5.41, 5.74) is -1.21. The van der Waals surface area contributed by atoms with E-state index in [1.54, 1.807) is 6.92 Å². The number of rotatable bonds is 5. The van der Waals surface area contributed by atoms with Crippen LogP contribution in [0.15, 0.2) is 29.2 Å². The number of esters is 1. The Bertz CT molecular complexity index is 606. The highest BCUT2D eigenvalue weighted by molar-refractivity contribution is 7.89. The van der Waals surface area contributed by atoms with Gasteiger partial charge in [-0.3, -0.25) is 4.79 Å². The third kappa shape index (κ3) is 3.41. The second kappa shape index (κ2) is 6.11. The van der Waals surface area contributed by atoms with E-state index in [1.165, 1.54) is 12.1 Å². The molecular formula is C14H18FNO4S. The van der Waals surface area contributed by atoms with Gasteiger partial charge in [-0.1, -0.05) is 12.8 Å². The third-order valence-corrected chi connectivity index (χ3v) is 5.13. The predicted molar refractivity (Wildman–Crippen MR) is 74.6 cm³/mol. The van der Waals surface area contributed by atoms with Crippen LogP contribution in [0.25, 0.3) is 0 Å². The van der Waals surface area contributed by atoms with Crippen LogP contribution in [-0.4, -0.2) is 26.5 Å². The molecule has 5 nitrogen and oxygen atoms in total. The van der Waals surface area contributed by atoms with Gasteiger partial charge in [0.2, 0.25) is 10.0 Å². The highest BCUT2D eigenvalue weighted by Gasteiger charge is 2.45. The number of ether oxygens (including phenoxy) is 1. The molecule has 1 N–H and O–H groups in total. The van der Waals surface area contributed by atoms with Gasteiger partial charge in [-0.15, -0.1) is 0 Å². The third-order valence-electron chi connectivity index (χ3n) is 3.58. The summed E-state index contributed by atoms with van der Waals surface area (Å²) >= 11 is 0. The summed E-state index contributed by atoms with van der Waals surface area (Å²) in [4.78, 5) is 12.1. The number of hydrogen-bond acceptors (Lipinski definition) is 4. The van der Waals surface area contributed by atoms with E-state index in [4.69, 9.17) is 4.74 Å². The Labute approximate surface area is 123 Å². The van der Waals surface area contributed by atoms with Crippen LogP contribution in [0.3, 0.4) is 0 Å². The number of carbonyl (C=O) groups excluding carboxylic acids is 1. The van der Waals surface area contributed by atoms with Gasteiger partial charge in [-0.05, 0) is 44.0 Å². The van der Waals surface area contributed by atoms with E-state index < -0.39 is 27.3 Å². The van der Waals surface area contributed by atoms with Gasteiger partial charge in [0, 0.05) is 0 Å². The Morgan fingerprint density at radius 1 is 1.29 bits per heavy atom. The van der Waals surface area contributed by atoms with E-state index in [9.17, 15) is 17.6 Å². The minimum atomic E-state index is -3.90. The maximum Gasteiger partial charge on any atom is 0.327 e. The minimum Gasteiger partial charge on any atom is -0.465 e. The van der Waals surface area contributed by atoms with Crippen LogP contribution in [0.5, 0.6) is 0 Å². The average molecular weight is 315 g/mol. The van der Waals surface area contributed by atoms with Crippen LogP contribution < -0.4 is 4.72 Å².